The highest BCUT2D eigenvalue weighted by molar-refractivity contribution is 5.93. The highest BCUT2D eigenvalue weighted by Gasteiger charge is 2.12. The molecule has 0 aliphatic heterocycles. The molecule has 31 heavy (non-hydrogen) atoms. The molecule has 3 rings (SSSR count). The summed E-state index contributed by atoms with van der Waals surface area (Å²) in [6, 6.07) is 13.4. The number of ether oxygens (including phenoxy) is 3. The molecule has 2 aromatic carbocycles. The van der Waals surface area contributed by atoms with Gasteiger partial charge in [-0.2, -0.15) is 0 Å². The van der Waals surface area contributed by atoms with Gasteiger partial charge in [-0.25, -0.2) is 9.59 Å². The SMILES string of the molecule is COC(=O)c1cccc(N=Cc2ccc(OCc3ccc(C(=O)O)o3)c(OC)c2)c1C. The molecule has 1 heterocycles. The predicted molar refractivity (Wildman–Crippen MR) is 113 cm³/mol. The molecule has 1 N–H and O–H groups in total. The summed E-state index contributed by atoms with van der Waals surface area (Å²) in [7, 11) is 2.85. The van der Waals surface area contributed by atoms with Crippen LogP contribution < -0.4 is 9.47 Å². The minimum atomic E-state index is -1.14. The predicted octanol–water partition coefficient (Wildman–Crippen LogP) is 4.41. The molecule has 0 spiro atoms. The van der Waals surface area contributed by atoms with Crippen LogP contribution in [0, 0.1) is 6.92 Å². The van der Waals surface area contributed by atoms with Crippen molar-refractivity contribution < 1.29 is 33.3 Å². The lowest BCUT2D eigenvalue weighted by atomic mass is 10.1. The van der Waals surface area contributed by atoms with Crippen LogP contribution in [0.4, 0.5) is 5.69 Å². The zero-order valence-electron chi connectivity index (χ0n) is 17.2. The number of hydrogen-bond donors (Lipinski definition) is 1. The molecule has 8 nitrogen and oxygen atoms in total. The van der Waals surface area contributed by atoms with Gasteiger partial charge in [0.15, 0.2) is 11.5 Å². The number of benzene rings is 2. The second-order valence-corrected chi connectivity index (χ2v) is 6.47. The molecule has 0 radical (unpaired) electrons. The second kappa shape index (κ2) is 9.62. The van der Waals surface area contributed by atoms with E-state index in [0.717, 1.165) is 11.1 Å². The Kier molecular flexibility index (Phi) is 6.71. The lowest BCUT2D eigenvalue weighted by Crippen LogP contribution is -2.03. The maximum Gasteiger partial charge on any atom is 0.371 e. The molecule has 0 amide bonds. The highest BCUT2D eigenvalue weighted by Crippen LogP contribution is 2.29. The van der Waals surface area contributed by atoms with Crippen molar-refractivity contribution in [1.29, 1.82) is 0 Å². The molecule has 0 saturated heterocycles. The maximum absolute atomic E-state index is 11.8. The van der Waals surface area contributed by atoms with E-state index in [1.165, 1.54) is 20.3 Å². The van der Waals surface area contributed by atoms with Gasteiger partial charge in [-0.05, 0) is 60.5 Å². The minimum absolute atomic E-state index is 0.0522. The molecule has 3 aromatic rings. The Labute approximate surface area is 178 Å². The third-order valence-electron chi connectivity index (χ3n) is 4.49. The van der Waals surface area contributed by atoms with Crippen molar-refractivity contribution in [3.05, 3.63) is 76.7 Å². The van der Waals surface area contributed by atoms with Crippen LogP contribution in [0.25, 0.3) is 0 Å². The number of furan rings is 1. The summed E-state index contributed by atoms with van der Waals surface area (Å²) in [5.74, 6) is -0.370. The Morgan fingerprint density at radius 3 is 2.58 bits per heavy atom. The number of carbonyl (C=O) groups is 2. The molecule has 0 saturated carbocycles. The van der Waals surface area contributed by atoms with Crippen molar-refractivity contribution in [3.8, 4) is 11.5 Å². The standard InChI is InChI=1S/C23H21NO7/c1-14-17(23(27)29-3)5-4-6-18(14)24-12-15-7-9-19(21(11-15)28-2)30-13-16-8-10-20(31-16)22(25)26/h4-12H,13H2,1-3H3,(H,25,26). The molecule has 0 fully saturated rings. The fraction of sp³-hybridized carbons (Fsp3) is 0.174. The van der Waals surface area contributed by atoms with Crippen LogP contribution in [0.2, 0.25) is 0 Å². The average Bonchev–Trinajstić information content (AvgIpc) is 3.26. The zero-order valence-corrected chi connectivity index (χ0v) is 17.2. The van der Waals surface area contributed by atoms with Crippen LogP contribution in [0.1, 0.15) is 37.8 Å². The Morgan fingerprint density at radius 1 is 1.10 bits per heavy atom. The van der Waals surface area contributed by atoms with Crippen LogP contribution in [-0.2, 0) is 11.3 Å². The van der Waals surface area contributed by atoms with Gasteiger partial charge in [0.2, 0.25) is 5.76 Å². The van der Waals surface area contributed by atoms with E-state index in [9.17, 15) is 9.59 Å². The molecule has 1 aromatic heterocycles. The molecular weight excluding hydrogens is 402 g/mol. The van der Waals surface area contributed by atoms with Gasteiger partial charge in [-0.15, -0.1) is 0 Å². The summed E-state index contributed by atoms with van der Waals surface area (Å²) < 4.78 is 21.0. The van der Waals surface area contributed by atoms with E-state index in [-0.39, 0.29) is 12.4 Å². The first kappa shape index (κ1) is 21.6. The van der Waals surface area contributed by atoms with Crippen molar-refractivity contribution in [2.75, 3.05) is 14.2 Å². The van der Waals surface area contributed by atoms with Crippen LogP contribution in [0.3, 0.4) is 0 Å². The van der Waals surface area contributed by atoms with E-state index >= 15 is 0 Å². The van der Waals surface area contributed by atoms with Crippen molar-refractivity contribution >= 4 is 23.8 Å². The molecule has 0 unspecified atom stereocenters. The summed E-state index contributed by atoms with van der Waals surface area (Å²) in [6.45, 7) is 1.86. The molecule has 8 heteroatoms. The number of carbonyl (C=O) groups excluding carboxylic acids is 1. The fourth-order valence-electron chi connectivity index (χ4n) is 2.84. The average molecular weight is 423 g/mol. The monoisotopic (exact) mass is 423 g/mol. The van der Waals surface area contributed by atoms with Crippen molar-refractivity contribution in [2.24, 2.45) is 4.99 Å². The minimum Gasteiger partial charge on any atom is -0.493 e. The summed E-state index contributed by atoms with van der Waals surface area (Å²) >= 11 is 0. The van der Waals surface area contributed by atoms with E-state index in [4.69, 9.17) is 23.7 Å². The van der Waals surface area contributed by atoms with E-state index in [1.54, 1.807) is 49.5 Å². The Bertz CT molecular complexity index is 1130. The first-order valence-corrected chi connectivity index (χ1v) is 9.27. The quantitative estimate of drug-likeness (QED) is 0.422. The lowest BCUT2D eigenvalue weighted by Gasteiger charge is -2.10. The Hall–Kier alpha value is -4.07. The van der Waals surface area contributed by atoms with E-state index < -0.39 is 11.9 Å². The number of nitrogens with zero attached hydrogens (tertiary/aromatic N) is 1. The number of aliphatic imine (C=N–C) groups is 1. The van der Waals surface area contributed by atoms with Crippen molar-refractivity contribution in [1.82, 2.24) is 0 Å². The maximum atomic E-state index is 11.8. The van der Waals surface area contributed by atoms with Crippen molar-refractivity contribution in [2.45, 2.75) is 13.5 Å². The first-order valence-electron chi connectivity index (χ1n) is 9.27. The van der Waals surface area contributed by atoms with Crippen LogP contribution >= 0.6 is 0 Å². The zero-order chi connectivity index (χ0) is 22.4. The first-order chi connectivity index (χ1) is 14.9. The summed E-state index contributed by atoms with van der Waals surface area (Å²) in [5.41, 5.74) is 2.59. The van der Waals surface area contributed by atoms with Gasteiger partial charge in [0.25, 0.3) is 0 Å². The van der Waals surface area contributed by atoms with E-state index in [1.807, 2.05) is 6.07 Å². The van der Waals surface area contributed by atoms with Crippen LogP contribution in [0.15, 0.2) is 57.9 Å². The number of carboxylic acid groups (broad SMARTS) is 1. The van der Waals surface area contributed by atoms with Gasteiger partial charge in [0.05, 0.1) is 25.5 Å². The molecular formula is C23H21NO7. The van der Waals surface area contributed by atoms with Crippen molar-refractivity contribution in [3.63, 3.8) is 0 Å². The summed E-state index contributed by atoms with van der Waals surface area (Å²) in [4.78, 5) is 27.2. The summed E-state index contributed by atoms with van der Waals surface area (Å²) in [6.07, 6.45) is 1.65. The van der Waals surface area contributed by atoms with E-state index in [2.05, 4.69) is 4.99 Å². The number of carboxylic acids is 1. The van der Waals surface area contributed by atoms with E-state index in [0.29, 0.717) is 28.5 Å². The Balaban J connectivity index is 1.75. The Morgan fingerprint density at radius 2 is 1.90 bits per heavy atom. The number of hydrogen-bond acceptors (Lipinski definition) is 7. The third-order valence-corrected chi connectivity index (χ3v) is 4.49. The summed E-state index contributed by atoms with van der Waals surface area (Å²) in [5, 5.41) is 8.91. The number of rotatable bonds is 8. The fourth-order valence-corrected chi connectivity index (χ4v) is 2.84. The molecule has 0 aliphatic rings. The molecule has 0 aliphatic carbocycles. The van der Waals surface area contributed by atoms with Gasteiger partial charge in [0, 0.05) is 6.21 Å². The highest BCUT2D eigenvalue weighted by atomic mass is 16.5. The number of esters is 1. The molecule has 0 atom stereocenters. The largest absolute Gasteiger partial charge is 0.493 e. The lowest BCUT2D eigenvalue weighted by molar-refractivity contribution is 0.0598. The topological polar surface area (TPSA) is 108 Å². The number of methoxy groups -OCH3 is 2. The van der Waals surface area contributed by atoms with Crippen LogP contribution in [-0.4, -0.2) is 37.5 Å². The van der Waals surface area contributed by atoms with Gasteiger partial charge in [-0.3, -0.25) is 4.99 Å². The number of aromatic carboxylic acids is 1. The second-order valence-electron chi connectivity index (χ2n) is 6.47. The van der Waals surface area contributed by atoms with Crippen LogP contribution in [0.5, 0.6) is 11.5 Å². The van der Waals surface area contributed by atoms with Gasteiger partial charge >= 0.3 is 11.9 Å². The normalized spacial score (nSPS) is 10.8. The van der Waals surface area contributed by atoms with Gasteiger partial charge < -0.3 is 23.7 Å². The smallest absolute Gasteiger partial charge is 0.371 e. The van der Waals surface area contributed by atoms with Gasteiger partial charge in [0.1, 0.15) is 12.4 Å². The molecule has 0 bridgehead atoms. The van der Waals surface area contributed by atoms with Gasteiger partial charge in [-0.1, -0.05) is 6.07 Å². The third kappa shape index (κ3) is 5.11. The molecule has 160 valence electrons.